The summed E-state index contributed by atoms with van der Waals surface area (Å²) in [6.07, 6.45) is 4.80. The predicted octanol–water partition coefficient (Wildman–Crippen LogP) is 0.150. The minimum Gasteiger partial charge on any atom is -0.399 e. The summed E-state index contributed by atoms with van der Waals surface area (Å²) >= 11 is 0. The van der Waals surface area contributed by atoms with E-state index in [9.17, 15) is 0 Å². The smallest absolute Gasteiger partial charge is 0.399 e. The van der Waals surface area contributed by atoms with E-state index in [0.29, 0.717) is 12.5 Å². The van der Waals surface area contributed by atoms with Crippen LogP contribution in [0.1, 0.15) is 34.1 Å². The number of aromatic nitrogens is 2. The molecule has 0 aliphatic carbocycles. The molecule has 0 aromatic carbocycles. The number of rotatable bonds is 6. The zero-order valence-electron chi connectivity index (χ0n) is 15.8. The molecular weight excluding hydrogens is 317 g/mol. The van der Waals surface area contributed by atoms with E-state index in [1.807, 2.05) is 40.1 Å². The average molecular weight is 347 g/mol. The van der Waals surface area contributed by atoms with Crippen molar-refractivity contribution in [1.82, 2.24) is 15.3 Å². The summed E-state index contributed by atoms with van der Waals surface area (Å²) in [7, 11) is -0.411. The van der Waals surface area contributed by atoms with Gasteiger partial charge in [0.1, 0.15) is 0 Å². The number of nitrogens with two attached hydrogens (primary N) is 1. The van der Waals surface area contributed by atoms with Crippen molar-refractivity contribution in [2.75, 3.05) is 37.6 Å². The van der Waals surface area contributed by atoms with Crippen LogP contribution in [-0.2, 0) is 9.31 Å². The standard InChI is InChI=1S/C17H30BN5O2/c1-16(2)17(3,4)25-18(24-16)14-10-21-15(22-11-14)23-8-5-13(12-23)9-20-7-6-19/h10-11,13,20H,5-9,12,19H2,1-4H3/t13-/m0/s1. The fourth-order valence-electron chi connectivity index (χ4n) is 3.18. The van der Waals surface area contributed by atoms with Gasteiger partial charge in [0.05, 0.1) is 11.2 Å². The van der Waals surface area contributed by atoms with Gasteiger partial charge in [0.2, 0.25) is 5.95 Å². The Morgan fingerprint density at radius 3 is 2.48 bits per heavy atom. The quantitative estimate of drug-likeness (QED) is 0.560. The van der Waals surface area contributed by atoms with Gasteiger partial charge in [-0.2, -0.15) is 0 Å². The maximum absolute atomic E-state index is 6.05. The minimum absolute atomic E-state index is 0.352. The monoisotopic (exact) mass is 347 g/mol. The van der Waals surface area contributed by atoms with Crippen LogP contribution < -0.4 is 21.4 Å². The largest absolute Gasteiger partial charge is 0.498 e. The second-order valence-corrected chi connectivity index (χ2v) is 8.00. The Kier molecular flexibility index (Phi) is 5.34. The molecule has 2 saturated heterocycles. The molecule has 138 valence electrons. The summed E-state index contributed by atoms with van der Waals surface area (Å²) in [5.74, 6) is 1.40. The molecule has 7 nitrogen and oxygen atoms in total. The molecule has 0 bridgehead atoms. The molecule has 0 amide bonds. The highest BCUT2D eigenvalue weighted by Crippen LogP contribution is 2.36. The molecule has 0 spiro atoms. The van der Waals surface area contributed by atoms with Crippen LogP contribution >= 0.6 is 0 Å². The Hall–Kier alpha value is -1.22. The molecule has 8 heteroatoms. The molecule has 1 atom stereocenters. The van der Waals surface area contributed by atoms with Crippen LogP contribution in [0.3, 0.4) is 0 Å². The van der Waals surface area contributed by atoms with Gasteiger partial charge in [-0.15, -0.1) is 0 Å². The highest BCUT2D eigenvalue weighted by Gasteiger charge is 2.52. The lowest BCUT2D eigenvalue weighted by Crippen LogP contribution is -2.41. The Morgan fingerprint density at radius 1 is 1.24 bits per heavy atom. The number of nitrogens with zero attached hydrogens (tertiary/aromatic N) is 3. The van der Waals surface area contributed by atoms with Crippen LogP contribution in [0.5, 0.6) is 0 Å². The minimum atomic E-state index is -0.411. The van der Waals surface area contributed by atoms with Gasteiger partial charge in [0.15, 0.2) is 0 Å². The van der Waals surface area contributed by atoms with Gasteiger partial charge in [0.25, 0.3) is 0 Å². The molecular formula is C17H30BN5O2. The summed E-state index contributed by atoms with van der Waals surface area (Å²) < 4.78 is 12.1. The highest BCUT2D eigenvalue weighted by molar-refractivity contribution is 6.61. The van der Waals surface area contributed by atoms with E-state index in [-0.39, 0.29) is 11.2 Å². The lowest BCUT2D eigenvalue weighted by atomic mass is 9.81. The van der Waals surface area contributed by atoms with Crippen molar-refractivity contribution in [3.8, 4) is 0 Å². The first-order valence-electron chi connectivity index (χ1n) is 9.16. The molecule has 2 aliphatic heterocycles. The van der Waals surface area contributed by atoms with E-state index in [4.69, 9.17) is 15.0 Å². The molecule has 3 rings (SSSR count). The maximum Gasteiger partial charge on any atom is 0.498 e. The molecule has 0 radical (unpaired) electrons. The first kappa shape index (κ1) is 18.6. The second-order valence-electron chi connectivity index (χ2n) is 8.00. The van der Waals surface area contributed by atoms with Crippen molar-refractivity contribution >= 4 is 18.5 Å². The molecule has 1 aromatic heterocycles. The van der Waals surface area contributed by atoms with Crippen molar-refractivity contribution in [2.24, 2.45) is 11.7 Å². The van der Waals surface area contributed by atoms with Gasteiger partial charge < -0.3 is 25.3 Å². The third kappa shape index (κ3) is 3.97. The summed E-state index contributed by atoms with van der Waals surface area (Å²) in [4.78, 5) is 11.3. The van der Waals surface area contributed by atoms with Crippen LogP contribution in [0.2, 0.25) is 0 Å². The third-order valence-corrected chi connectivity index (χ3v) is 5.51. The topological polar surface area (TPSA) is 85.5 Å². The molecule has 0 saturated carbocycles. The van der Waals surface area contributed by atoms with Gasteiger partial charge in [-0.05, 0) is 46.6 Å². The number of nitrogens with one attached hydrogen (secondary N) is 1. The fourth-order valence-corrected chi connectivity index (χ4v) is 3.18. The highest BCUT2D eigenvalue weighted by atomic mass is 16.7. The van der Waals surface area contributed by atoms with Crippen molar-refractivity contribution in [3.63, 3.8) is 0 Å². The number of hydrogen-bond acceptors (Lipinski definition) is 7. The van der Waals surface area contributed by atoms with Crippen LogP contribution in [0, 0.1) is 5.92 Å². The van der Waals surface area contributed by atoms with Crippen molar-refractivity contribution in [2.45, 2.75) is 45.3 Å². The summed E-state index contributed by atoms with van der Waals surface area (Å²) in [5.41, 5.74) is 5.68. The molecule has 2 fully saturated rings. The van der Waals surface area contributed by atoms with Gasteiger partial charge in [-0.3, -0.25) is 0 Å². The number of hydrogen-bond donors (Lipinski definition) is 2. The second kappa shape index (κ2) is 7.19. The first-order chi connectivity index (χ1) is 11.8. The molecule has 0 unspecified atom stereocenters. The van der Waals surface area contributed by atoms with Gasteiger partial charge in [0, 0.05) is 44.0 Å². The predicted molar refractivity (Wildman–Crippen MR) is 100.0 cm³/mol. The zero-order chi connectivity index (χ0) is 18.1. The van der Waals surface area contributed by atoms with E-state index in [2.05, 4.69) is 20.2 Å². The maximum atomic E-state index is 6.05. The Bertz CT molecular complexity index is 565. The molecule has 25 heavy (non-hydrogen) atoms. The van der Waals surface area contributed by atoms with Gasteiger partial charge in [-0.1, -0.05) is 0 Å². The SMILES string of the molecule is CC1(C)OB(c2cnc(N3CC[C@@H](CNCCN)C3)nc2)OC1(C)C. The molecule has 3 N–H and O–H groups in total. The van der Waals surface area contributed by atoms with Crippen LogP contribution in [-0.4, -0.2) is 61.0 Å². The van der Waals surface area contributed by atoms with Crippen molar-refractivity contribution in [1.29, 1.82) is 0 Å². The zero-order valence-corrected chi connectivity index (χ0v) is 15.8. The third-order valence-electron chi connectivity index (χ3n) is 5.51. The van der Waals surface area contributed by atoms with Crippen LogP contribution in [0.4, 0.5) is 5.95 Å². The van der Waals surface area contributed by atoms with Gasteiger partial charge >= 0.3 is 7.12 Å². The normalized spacial score (nSPS) is 24.9. The summed E-state index contributed by atoms with van der Waals surface area (Å²) in [5, 5.41) is 3.38. The van der Waals surface area contributed by atoms with Crippen LogP contribution in [0.25, 0.3) is 0 Å². The Labute approximate surface area is 150 Å². The first-order valence-corrected chi connectivity index (χ1v) is 9.16. The Balaban J connectivity index is 1.58. The number of anilines is 1. The van der Waals surface area contributed by atoms with E-state index < -0.39 is 7.12 Å². The summed E-state index contributed by atoms with van der Waals surface area (Å²) in [6, 6.07) is 0. The lowest BCUT2D eigenvalue weighted by molar-refractivity contribution is 0.00578. The van der Waals surface area contributed by atoms with Crippen molar-refractivity contribution in [3.05, 3.63) is 12.4 Å². The van der Waals surface area contributed by atoms with Gasteiger partial charge in [-0.25, -0.2) is 9.97 Å². The fraction of sp³-hybridized carbons (Fsp3) is 0.765. The van der Waals surface area contributed by atoms with Crippen LogP contribution in [0.15, 0.2) is 12.4 Å². The lowest BCUT2D eigenvalue weighted by Gasteiger charge is -2.32. The van der Waals surface area contributed by atoms with Crippen molar-refractivity contribution < 1.29 is 9.31 Å². The molecule has 2 aliphatic rings. The van der Waals surface area contributed by atoms with E-state index in [0.717, 1.165) is 44.0 Å². The molecule has 1 aromatic rings. The van der Waals surface area contributed by atoms with E-state index in [1.54, 1.807) is 0 Å². The average Bonchev–Trinajstić information content (AvgIpc) is 3.10. The van der Waals surface area contributed by atoms with E-state index in [1.165, 1.54) is 0 Å². The molecule has 3 heterocycles. The Morgan fingerprint density at radius 2 is 1.88 bits per heavy atom. The van der Waals surface area contributed by atoms with E-state index >= 15 is 0 Å². The summed E-state index contributed by atoms with van der Waals surface area (Å²) in [6.45, 7) is 12.7.